The van der Waals surface area contributed by atoms with E-state index < -0.39 is 7.12 Å². The maximum Gasteiger partial charge on any atom is 0.488 e. The van der Waals surface area contributed by atoms with E-state index in [1.54, 1.807) is 12.1 Å². The predicted octanol–water partition coefficient (Wildman–Crippen LogP) is 28.9. The molecule has 0 saturated carbocycles. The third-order valence-electron chi connectivity index (χ3n) is 22.1. The summed E-state index contributed by atoms with van der Waals surface area (Å²) >= 11 is 15.1. The van der Waals surface area contributed by atoms with Gasteiger partial charge in [0.25, 0.3) is 0 Å². The molecule has 0 bridgehead atoms. The summed E-state index contributed by atoms with van der Waals surface area (Å²) < 4.78 is 11.1. The highest BCUT2D eigenvalue weighted by molar-refractivity contribution is 9.10. The first-order valence-corrected chi connectivity index (χ1v) is 44.4. The summed E-state index contributed by atoms with van der Waals surface area (Å²) in [6, 6.07) is 135. The Morgan fingerprint density at radius 2 is 0.600 bits per heavy atom. The molecule has 0 aliphatic rings. The van der Waals surface area contributed by atoms with Crippen LogP contribution >= 0.6 is 61.5 Å². The Hall–Kier alpha value is -14.4. The Morgan fingerprint density at radius 1 is 0.272 bits per heavy atom. The van der Waals surface area contributed by atoms with Crippen molar-refractivity contribution in [2.45, 2.75) is 0 Å². The van der Waals surface area contributed by atoms with E-state index >= 15 is 0 Å². The van der Waals surface area contributed by atoms with Gasteiger partial charge in [-0.3, -0.25) is 4.57 Å². The van der Waals surface area contributed by atoms with Gasteiger partial charge in [-0.2, -0.15) is 19.9 Å². The summed E-state index contributed by atoms with van der Waals surface area (Å²) in [5, 5.41) is 30.0. The molecule has 0 amide bonds. The highest BCUT2D eigenvalue weighted by atomic mass is 79.9. The molecule has 0 atom stereocenters. The molecule has 0 radical (unpaired) electrons. The molecule has 11 nitrogen and oxygen atoms in total. The van der Waals surface area contributed by atoms with Gasteiger partial charge in [-0.25, -0.2) is 9.97 Å². The fourth-order valence-electron chi connectivity index (χ4n) is 16.0. The lowest BCUT2D eigenvalue weighted by Crippen LogP contribution is -2.29. The van der Waals surface area contributed by atoms with Crippen LogP contribution in [0.5, 0.6) is 0 Å². The molecular formula is C108H72BBrClN9O2S3. The predicted molar refractivity (Wildman–Crippen MR) is 530 cm³/mol. The number of aromatic nitrogens is 9. The second-order valence-corrected chi connectivity index (χ2v) is 34.4. The normalized spacial score (nSPS) is 11.2. The molecule has 596 valence electrons. The third kappa shape index (κ3) is 16.8. The minimum absolute atomic E-state index is 0.202. The van der Waals surface area contributed by atoms with Gasteiger partial charge in [0.05, 0.1) is 5.52 Å². The molecule has 8 heterocycles. The van der Waals surface area contributed by atoms with Crippen molar-refractivity contribution in [1.82, 2.24) is 44.4 Å². The molecule has 0 unspecified atom stereocenters. The number of hydrogen-bond donors (Lipinski definition) is 4. The highest BCUT2D eigenvalue weighted by Gasteiger charge is 2.20. The fourth-order valence-corrected chi connectivity index (χ4v) is 19.9. The molecular weight excluding hydrogens is 1680 g/mol. The molecule has 17 heteroatoms. The van der Waals surface area contributed by atoms with E-state index in [-0.39, 0.29) is 5.28 Å². The van der Waals surface area contributed by atoms with Crippen molar-refractivity contribution in [3.05, 3.63) is 423 Å². The number of fused-ring (bicyclic) bond motifs is 15. The number of nitrogens with one attached hydrogen (secondary N) is 2. The average molecular weight is 1750 g/mol. The van der Waals surface area contributed by atoms with Crippen molar-refractivity contribution in [3.8, 4) is 107 Å². The molecule has 8 aromatic heterocycles. The first kappa shape index (κ1) is 79.1. The van der Waals surface area contributed by atoms with E-state index in [4.69, 9.17) is 36.6 Å². The molecule has 0 spiro atoms. The molecule has 16 aromatic carbocycles. The number of benzene rings is 16. The summed E-state index contributed by atoms with van der Waals surface area (Å²) in [7, 11) is -1.41. The lowest BCUT2D eigenvalue weighted by Gasteiger charge is -2.10. The van der Waals surface area contributed by atoms with Gasteiger partial charge in [0.2, 0.25) is 11.2 Å². The van der Waals surface area contributed by atoms with Crippen molar-refractivity contribution >= 4 is 167 Å². The van der Waals surface area contributed by atoms with Gasteiger partial charge >= 0.3 is 7.12 Å². The fraction of sp³-hybridized carbons (Fsp3) is 0. The van der Waals surface area contributed by atoms with Crippen molar-refractivity contribution in [2.24, 2.45) is 0 Å². The Kier molecular flexibility index (Phi) is 22.5. The van der Waals surface area contributed by atoms with E-state index in [0.29, 0.717) is 34.7 Å². The zero-order chi connectivity index (χ0) is 84.1. The number of hydrogen-bond acceptors (Lipinski definition) is 11. The van der Waals surface area contributed by atoms with Crippen LogP contribution in [0.25, 0.3) is 200 Å². The molecule has 0 aliphatic carbocycles. The number of thiophene rings is 3. The van der Waals surface area contributed by atoms with E-state index in [2.05, 4.69) is 270 Å². The van der Waals surface area contributed by atoms with Crippen molar-refractivity contribution in [2.75, 3.05) is 0 Å². The number of H-pyrrole nitrogens is 2. The van der Waals surface area contributed by atoms with Crippen molar-refractivity contribution in [1.29, 1.82) is 0 Å². The summed E-state index contributed by atoms with van der Waals surface area (Å²) in [5.41, 5.74) is 19.7. The minimum Gasteiger partial charge on any atom is -0.423 e. The number of aromatic amines is 2. The Morgan fingerprint density at radius 3 is 1.02 bits per heavy atom. The van der Waals surface area contributed by atoms with Crippen LogP contribution in [0.3, 0.4) is 0 Å². The third-order valence-corrected chi connectivity index (χ3v) is 26.1. The van der Waals surface area contributed by atoms with Crippen LogP contribution in [0.4, 0.5) is 0 Å². The Labute approximate surface area is 745 Å². The van der Waals surface area contributed by atoms with Crippen molar-refractivity contribution in [3.63, 3.8) is 0 Å². The Balaban J connectivity index is 0.000000106. The number of rotatable bonds is 11. The average Bonchev–Trinajstić information content (AvgIpc) is 1.60. The lowest BCUT2D eigenvalue weighted by molar-refractivity contribution is 0.426. The molecule has 0 saturated heterocycles. The highest BCUT2D eigenvalue weighted by Crippen LogP contribution is 2.45. The van der Waals surface area contributed by atoms with Gasteiger partial charge in [-0.15, -0.1) is 34.0 Å². The molecule has 0 aliphatic heterocycles. The van der Waals surface area contributed by atoms with Gasteiger partial charge in [-0.05, 0) is 182 Å². The first-order valence-electron chi connectivity index (χ1n) is 40.8. The minimum atomic E-state index is -1.41. The first-order chi connectivity index (χ1) is 61.6. The number of nitrogens with zero attached hydrogens (tertiary/aromatic N) is 7. The van der Waals surface area contributed by atoms with Gasteiger partial charge < -0.3 is 20.0 Å². The van der Waals surface area contributed by atoms with E-state index in [1.807, 2.05) is 210 Å². The Bertz CT molecular complexity index is 7880. The maximum absolute atomic E-state index is 9.05. The molecule has 0 fully saturated rings. The second-order valence-electron chi connectivity index (χ2n) is 29.9. The monoisotopic (exact) mass is 1750 g/mol. The van der Waals surface area contributed by atoms with Crippen LogP contribution in [0.15, 0.2) is 417 Å². The molecule has 24 rings (SSSR count). The summed E-state index contributed by atoms with van der Waals surface area (Å²) in [4.78, 5) is 34.3. The zero-order valence-corrected chi connectivity index (χ0v) is 71.6. The SMILES string of the molecule is Brc1ccc2sc3ccc4[nH]ccc4c3c2c1.Clc1nc(-c2ccccc2)nc(-c2ccccc2)n1.OB(O)c1cccc(-c2ccccc2)c1.c1ccc(-c2cccc(-c3ccc4sc5ccc6[nH]ccc6c5c4c3)c2)cc1.c1ccc(-c2cccc(-c3ccc4sc5ccc6c(ccn6-c6nc(-c7ccccc7)nc(-c7ccccc7)n6)c5c4c3)c2)cc1. The smallest absolute Gasteiger partial charge is 0.423 e. The van der Waals surface area contributed by atoms with Crippen LogP contribution in [-0.2, 0) is 0 Å². The van der Waals surface area contributed by atoms with Gasteiger partial charge in [-0.1, -0.05) is 301 Å². The van der Waals surface area contributed by atoms with Crippen LogP contribution in [0.2, 0.25) is 5.28 Å². The number of halogens is 2. The lowest BCUT2D eigenvalue weighted by atomic mass is 9.79. The van der Waals surface area contributed by atoms with Crippen LogP contribution in [-0.4, -0.2) is 61.6 Å². The summed E-state index contributed by atoms with van der Waals surface area (Å²) in [6.45, 7) is 0. The van der Waals surface area contributed by atoms with Crippen LogP contribution in [0, 0.1) is 0 Å². The quantitative estimate of drug-likeness (QED) is 0.0934. The molecule has 24 aromatic rings. The van der Waals surface area contributed by atoms with E-state index in [0.717, 1.165) is 43.4 Å². The van der Waals surface area contributed by atoms with E-state index in [9.17, 15) is 0 Å². The standard InChI is InChI=1S/C41H26N4S.C26H17NS.C15H10ClN3.C14H8BrNS.C12H11BO2/c1-4-11-27(12-5-1)30-17-10-18-31(25-30)32-19-21-36-34(26-32)38-33-23-24-45(35(33)20-22-37(38)46-36)41-43-39(28-13-6-2-7-14-28)42-40(44-41)29-15-8-3-9-16-29;1-2-5-17(6-3-1)18-7-4-8-19(15-18)20-9-11-24-22(16-20)26-21-13-14-27-23(21)10-12-25(26)28-24;16-15-18-13(11-7-3-1-4-8-11)17-14(19-15)12-9-5-2-6-10-12;15-8-1-3-12-10(7-8)14-9-5-6-16-11(9)2-4-13(14)17-12;14-13(15)12-8-4-7-11(9-12)10-5-2-1-3-6-10/h1-26H;1-16,27H;1-10H;1-7,16H;1-9,14-15H. The second kappa shape index (κ2) is 35.6. The molecule has 4 N–H and O–H groups in total. The van der Waals surface area contributed by atoms with Gasteiger partial charge in [0.15, 0.2) is 23.3 Å². The largest absolute Gasteiger partial charge is 0.488 e. The van der Waals surface area contributed by atoms with Gasteiger partial charge in [0, 0.05) is 133 Å². The zero-order valence-electron chi connectivity index (χ0n) is 66.8. The topological polar surface area (TPSA) is 154 Å². The van der Waals surface area contributed by atoms with E-state index in [1.165, 1.54) is 132 Å². The van der Waals surface area contributed by atoms with Gasteiger partial charge in [0.1, 0.15) is 0 Å². The summed E-state index contributed by atoms with van der Waals surface area (Å²) in [5.74, 6) is 3.06. The maximum atomic E-state index is 9.05. The molecule has 125 heavy (non-hydrogen) atoms. The summed E-state index contributed by atoms with van der Waals surface area (Å²) in [6.07, 6.45) is 6.12. The van der Waals surface area contributed by atoms with Crippen LogP contribution < -0.4 is 5.46 Å². The van der Waals surface area contributed by atoms with Crippen molar-refractivity contribution < 1.29 is 10.0 Å². The van der Waals surface area contributed by atoms with Crippen LogP contribution in [0.1, 0.15) is 0 Å².